The van der Waals surface area contributed by atoms with Crippen LogP contribution in [-0.4, -0.2) is 29.0 Å². The standard InChI is InChI=1S/C26H21Cl2NO5/c1-13-4-7-17(10-14(13)2)29-22(15-5-8-18(30)9-6-15)21(24(32)26(29)33)23(31)19-11-16(27)12-20(28)25(19)34-3/h4-12,22,30-31H,1-3H3/b23-21+. The van der Waals surface area contributed by atoms with Crippen LogP contribution in [-0.2, 0) is 9.59 Å². The second-order valence-corrected chi connectivity index (χ2v) is 8.84. The Balaban J connectivity index is 2.01. The maximum atomic E-state index is 13.3. The Morgan fingerprint density at radius 2 is 1.65 bits per heavy atom. The van der Waals surface area contributed by atoms with Gasteiger partial charge in [-0.2, -0.15) is 0 Å². The molecule has 0 saturated carbocycles. The normalized spacial score (nSPS) is 17.3. The summed E-state index contributed by atoms with van der Waals surface area (Å²) in [5.41, 5.74) is 2.92. The lowest BCUT2D eigenvalue weighted by molar-refractivity contribution is -0.132. The number of aromatic hydroxyl groups is 1. The highest BCUT2D eigenvalue weighted by atomic mass is 35.5. The van der Waals surface area contributed by atoms with E-state index in [2.05, 4.69) is 0 Å². The number of amides is 1. The molecule has 1 aliphatic heterocycles. The molecule has 174 valence electrons. The van der Waals surface area contributed by atoms with E-state index in [1.807, 2.05) is 26.0 Å². The second kappa shape index (κ2) is 9.05. The van der Waals surface area contributed by atoms with E-state index < -0.39 is 23.5 Å². The number of carbonyl (C=O) groups is 2. The zero-order chi connectivity index (χ0) is 24.7. The molecule has 0 radical (unpaired) electrons. The minimum Gasteiger partial charge on any atom is -0.508 e. The third-order valence-corrected chi connectivity index (χ3v) is 6.39. The highest BCUT2D eigenvalue weighted by molar-refractivity contribution is 6.52. The molecule has 6 nitrogen and oxygen atoms in total. The number of phenols is 1. The van der Waals surface area contributed by atoms with Crippen molar-refractivity contribution >= 4 is 46.3 Å². The van der Waals surface area contributed by atoms with Crippen LogP contribution < -0.4 is 9.64 Å². The summed E-state index contributed by atoms with van der Waals surface area (Å²) in [5.74, 6) is -1.99. The zero-order valence-electron chi connectivity index (χ0n) is 18.6. The lowest BCUT2D eigenvalue weighted by atomic mass is 9.94. The van der Waals surface area contributed by atoms with Crippen molar-refractivity contribution in [2.75, 3.05) is 12.0 Å². The summed E-state index contributed by atoms with van der Waals surface area (Å²) in [5, 5.41) is 21.5. The molecule has 34 heavy (non-hydrogen) atoms. The number of anilines is 1. The topological polar surface area (TPSA) is 87.1 Å². The monoisotopic (exact) mass is 497 g/mol. The first-order valence-corrected chi connectivity index (χ1v) is 11.1. The van der Waals surface area contributed by atoms with Gasteiger partial charge < -0.3 is 14.9 Å². The smallest absolute Gasteiger partial charge is 0.300 e. The van der Waals surface area contributed by atoms with Crippen LogP contribution in [0.4, 0.5) is 5.69 Å². The first kappa shape index (κ1) is 23.7. The van der Waals surface area contributed by atoms with Gasteiger partial charge in [-0.15, -0.1) is 0 Å². The van der Waals surface area contributed by atoms with Crippen molar-refractivity contribution in [2.45, 2.75) is 19.9 Å². The van der Waals surface area contributed by atoms with Gasteiger partial charge in [-0.3, -0.25) is 14.5 Å². The Kier molecular flexibility index (Phi) is 6.30. The molecule has 1 unspecified atom stereocenters. The average molecular weight is 498 g/mol. The quantitative estimate of drug-likeness (QED) is 0.264. The Bertz CT molecular complexity index is 1350. The SMILES string of the molecule is COc1c(Cl)cc(Cl)cc1/C(O)=C1\C(=O)C(=O)N(c2ccc(C)c(C)c2)C1c1ccc(O)cc1. The maximum absolute atomic E-state index is 13.3. The van der Waals surface area contributed by atoms with Crippen molar-refractivity contribution in [3.05, 3.63) is 92.5 Å². The Morgan fingerprint density at radius 3 is 2.26 bits per heavy atom. The average Bonchev–Trinajstić information content (AvgIpc) is 3.06. The van der Waals surface area contributed by atoms with Crippen LogP contribution in [0.2, 0.25) is 10.0 Å². The van der Waals surface area contributed by atoms with Crippen LogP contribution in [0.15, 0.2) is 60.2 Å². The molecule has 1 amide bonds. The lowest BCUT2D eigenvalue weighted by Crippen LogP contribution is -2.29. The third-order valence-electron chi connectivity index (χ3n) is 5.89. The van der Waals surface area contributed by atoms with Crippen LogP contribution in [0.25, 0.3) is 5.76 Å². The van der Waals surface area contributed by atoms with E-state index in [4.69, 9.17) is 27.9 Å². The molecule has 1 aliphatic rings. The number of methoxy groups -OCH3 is 1. The van der Waals surface area contributed by atoms with E-state index in [1.165, 1.54) is 36.3 Å². The van der Waals surface area contributed by atoms with Crippen molar-refractivity contribution < 1.29 is 24.5 Å². The van der Waals surface area contributed by atoms with Crippen LogP contribution in [0.3, 0.4) is 0 Å². The molecule has 1 heterocycles. The van der Waals surface area contributed by atoms with Crippen molar-refractivity contribution in [3.8, 4) is 11.5 Å². The summed E-state index contributed by atoms with van der Waals surface area (Å²) in [6, 6.07) is 13.4. The van der Waals surface area contributed by atoms with E-state index in [0.717, 1.165) is 11.1 Å². The molecule has 0 aliphatic carbocycles. The Morgan fingerprint density at radius 1 is 0.971 bits per heavy atom. The number of halogens is 2. The minimum atomic E-state index is -0.967. The predicted molar refractivity (Wildman–Crippen MR) is 132 cm³/mol. The van der Waals surface area contributed by atoms with Gasteiger partial charge in [0, 0.05) is 10.7 Å². The molecule has 4 rings (SSSR count). The molecule has 2 N–H and O–H groups in total. The number of Topliss-reactive ketones (excluding diaryl/α,β-unsaturated/α-hetero) is 1. The van der Waals surface area contributed by atoms with E-state index in [1.54, 1.807) is 18.2 Å². The number of hydrogen-bond acceptors (Lipinski definition) is 5. The number of aryl methyl sites for hydroxylation is 2. The minimum absolute atomic E-state index is 0.0233. The third kappa shape index (κ3) is 4.00. The van der Waals surface area contributed by atoms with Crippen LogP contribution >= 0.6 is 23.2 Å². The lowest BCUT2D eigenvalue weighted by Gasteiger charge is -2.26. The summed E-state index contributed by atoms with van der Waals surface area (Å²) in [6.07, 6.45) is 0. The van der Waals surface area contributed by atoms with Gasteiger partial charge in [0.25, 0.3) is 11.7 Å². The Labute approximate surface area is 206 Å². The van der Waals surface area contributed by atoms with E-state index in [9.17, 15) is 19.8 Å². The molecule has 0 aromatic heterocycles. The van der Waals surface area contributed by atoms with Crippen molar-refractivity contribution in [3.63, 3.8) is 0 Å². The summed E-state index contributed by atoms with van der Waals surface area (Å²) < 4.78 is 5.34. The van der Waals surface area contributed by atoms with E-state index in [0.29, 0.717) is 11.3 Å². The molecular weight excluding hydrogens is 477 g/mol. The number of benzene rings is 3. The number of rotatable bonds is 4. The summed E-state index contributed by atoms with van der Waals surface area (Å²) in [4.78, 5) is 27.9. The molecule has 1 saturated heterocycles. The van der Waals surface area contributed by atoms with Crippen molar-refractivity contribution in [1.82, 2.24) is 0 Å². The molecule has 0 spiro atoms. The number of ketones is 1. The number of nitrogens with zero attached hydrogens (tertiary/aromatic N) is 1. The molecule has 1 fully saturated rings. The highest BCUT2D eigenvalue weighted by Crippen LogP contribution is 2.45. The Hall–Kier alpha value is -3.48. The number of phenolic OH excluding ortho intramolecular Hbond substituents is 1. The fraction of sp³-hybridized carbons (Fsp3) is 0.154. The molecular formula is C26H21Cl2NO5. The fourth-order valence-corrected chi connectivity index (χ4v) is 4.61. The zero-order valence-corrected chi connectivity index (χ0v) is 20.1. The highest BCUT2D eigenvalue weighted by Gasteiger charge is 2.47. The summed E-state index contributed by atoms with van der Waals surface area (Å²) in [6.45, 7) is 3.85. The van der Waals surface area contributed by atoms with Gasteiger partial charge in [-0.1, -0.05) is 41.4 Å². The van der Waals surface area contributed by atoms with Gasteiger partial charge in [0.15, 0.2) is 0 Å². The van der Waals surface area contributed by atoms with Crippen molar-refractivity contribution in [2.24, 2.45) is 0 Å². The van der Waals surface area contributed by atoms with Gasteiger partial charge in [0.2, 0.25) is 0 Å². The van der Waals surface area contributed by atoms with E-state index in [-0.39, 0.29) is 32.7 Å². The van der Waals surface area contributed by atoms with Crippen LogP contribution in [0, 0.1) is 13.8 Å². The molecule has 3 aromatic carbocycles. The number of carbonyl (C=O) groups excluding carboxylic acids is 2. The number of aliphatic hydroxyl groups excluding tert-OH is 1. The van der Waals surface area contributed by atoms with Crippen LogP contribution in [0.5, 0.6) is 11.5 Å². The van der Waals surface area contributed by atoms with E-state index >= 15 is 0 Å². The largest absolute Gasteiger partial charge is 0.508 e. The van der Waals surface area contributed by atoms with Gasteiger partial charge in [-0.25, -0.2) is 0 Å². The van der Waals surface area contributed by atoms with Gasteiger partial charge in [-0.05, 0) is 66.9 Å². The maximum Gasteiger partial charge on any atom is 0.300 e. The van der Waals surface area contributed by atoms with Gasteiger partial charge >= 0.3 is 0 Å². The fourth-order valence-electron chi connectivity index (χ4n) is 4.04. The molecule has 0 bridgehead atoms. The van der Waals surface area contributed by atoms with Crippen molar-refractivity contribution in [1.29, 1.82) is 0 Å². The summed E-state index contributed by atoms with van der Waals surface area (Å²) >= 11 is 12.4. The number of ether oxygens (including phenoxy) is 1. The summed E-state index contributed by atoms with van der Waals surface area (Å²) in [7, 11) is 1.37. The first-order chi connectivity index (χ1) is 16.1. The van der Waals surface area contributed by atoms with Crippen LogP contribution in [0.1, 0.15) is 28.3 Å². The molecule has 1 atom stereocenters. The first-order valence-electron chi connectivity index (χ1n) is 10.3. The predicted octanol–water partition coefficient (Wildman–Crippen LogP) is 5.95. The number of hydrogen-bond donors (Lipinski definition) is 2. The molecule has 3 aromatic rings. The second-order valence-electron chi connectivity index (χ2n) is 8.00. The van der Waals surface area contributed by atoms with Gasteiger partial charge in [0.1, 0.15) is 17.3 Å². The number of aliphatic hydroxyl groups is 1. The molecule has 8 heteroatoms. The van der Waals surface area contributed by atoms with Gasteiger partial charge in [0.05, 0.1) is 29.3 Å².